The molecule has 1 rings (SSSR count). The van der Waals surface area contributed by atoms with Crippen LogP contribution in [0.15, 0.2) is 12.2 Å². The monoisotopic (exact) mass is 914 g/mol. The molecule has 0 aromatic rings. The molecule has 1 aliphatic rings. The Balaban J connectivity index is 2.18. The van der Waals surface area contributed by atoms with Crippen molar-refractivity contribution < 1.29 is 50.0 Å². The zero-order valence-electron chi connectivity index (χ0n) is 41.3. The summed E-state index contributed by atoms with van der Waals surface area (Å²) < 4.78 is 11.1. The standard InChI is InChI=1S/C53H103NO10/c1-3-5-7-9-11-13-14-15-16-17-18-19-20-21-22-23-24-25-26-27-28-29-30-31-32-33-35-37-39-41-46(57)52(62)54-44(43-63-53-51(61)50(60)49(59)47(42-55)64-53)48(58)45(56)40-38-36-34-12-10-8-6-4-2/h21-22,44-51,53,55-61H,3-20,23-43H2,1-2H3,(H,54,62)/b22-21-. The van der Waals surface area contributed by atoms with Crippen LogP contribution in [0.4, 0.5) is 0 Å². The average molecular weight is 914 g/mol. The predicted octanol–water partition coefficient (Wildman–Crippen LogP) is 10.4. The van der Waals surface area contributed by atoms with Gasteiger partial charge in [-0.1, -0.05) is 225 Å². The Morgan fingerprint density at radius 2 is 0.906 bits per heavy atom. The summed E-state index contributed by atoms with van der Waals surface area (Å²) in [5.41, 5.74) is 0. The van der Waals surface area contributed by atoms with Crippen molar-refractivity contribution in [3.05, 3.63) is 12.2 Å². The van der Waals surface area contributed by atoms with Gasteiger partial charge in [-0.2, -0.15) is 0 Å². The summed E-state index contributed by atoms with van der Waals surface area (Å²) in [6.45, 7) is 3.42. The Morgan fingerprint density at radius 1 is 0.531 bits per heavy atom. The topological polar surface area (TPSA) is 189 Å². The fraction of sp³-hybridized carbons (Fsp3) is 0.943. The Bertz CT molecular complexity index is 1050. The molecule has 1 amide bonds. The summed E-state index contributed by atoms with van der Waals surface area (Å²) >= 11 is 0. The van der Waals surface area contributed by atoms with E-state index in [1.165, 1.54) is 173 Å². The van der Waals surface area contributed by atoms with Crippen LogP contribution in [-0.2, 0) is 14.3 Å². The number of carbonyl (C=O) groups is 1. The first kappa shape index (κ1) is 60.9. The lowest BCUT2D eigenvalue weighted by molar-refractivity contribution is -0.303. The molecule has 1 heterocycles. The van der Waals surface area contributed by atoms with Gasteiger partial charge in [0.05, 0.1) is 25.4 Å². The maximum absolute atomic E-state index is 13.1. The molecule has 64 heavy (non-hydrogen) atoms. The molecule has 0 bridgehead atoms. The maximum Gasteiger partial charge on any atom is 0.249 e. The minimum atomic E-state index is -1.66. The van der Waals surface area contributed by atoms with Crippen LogP contribution in [0.5, 0.6) is 0 Å². The lowest BCUT2D eigenvalue weighted by atomic mass is 9.98. The third-order valence-corrected chi connectivity index (χ3v) is 13.3. The lowest BCUT2D eigenvalue weighted by Gasteiger charge is -2.40. The van der Waals surface area contributed by atoms with Gasteiger partial charge in [-0.15, -0.1) is 0 Å². The van der Waals surface area contributed by atoms with Gasteiger partial charge >= 0.3 is 0 Å². The van der Waals surface area contributed by atoms with E-state index in [4.69, 9.17) is 9.47 Å². The number of aliphatic hydroxyl groups is 7. The van der Waals surface area contributed by atoms with E-state index >= 15 is 0 Å². The molecule has 9 unspecified atom stereocenters. The summed E-state index contributed by atoms with van der Waals surface area (Å²) in [6.07, 6.45) is 37.4. The molecule has 11 nitrogen and oxygen atoms in total. The SMILES string of the molecule is CCCCCCCCCCCCCC/C=C\CCCCCCCCCCCCCCCC(O)C(=O)NC(COC1OC(CO)C(O)C(O)C1O)C(O)C(O)CCCCCCCCCC. The van der Waals surface area contributed by atoms with Crippen molar-refractivity contribution in [3.63, 3.8) is 0 Å². The summed E-state index contributed by atoms with van der Waals surface area (Å²) in [7, 11) is 0. The average Bonchev–Trinajstić information content (AvgIpc) is 3.29. The fourth-order valence-corrected chi connectivity index (χ4v) is 8.85. The van der Waals surface area contributed by atoms with E-state index in [1.807, 2.05) is 0 Å². The number of carbonyl (C=O) groups excluding carboxylic acids is 1. The summed E-state index contributed by atoms with van der Waals surface area (Å²) in [4.78, 5) is 13.1. The molecular formula is C53H103NO10. The van der Waals surface area contributed by atoms with Crippen molar-refractivity contribution >= 4 is 5.91 Å². The molecule has 0 aromatic carbocycles. The van der Waals surface area contributed by atoms with Crippen LogP contribution in [0.1, 0.15) is 251 Å². The number of aliphatic hydroxyl groups excluding tert-OH is 7. The van der Waals surface area contributed by atoms with Crippen LogP contribution in [0.2, 0.25) is 0 Å². The van der Waals surface area contributed by atoms with Crippen molar-refractivity contribution in [2.24, 2.45) is 0 Å². The number of ether oxygens (including phenoxy) is 2. The Morgan fingerprint density at radius 3 is 1.31 bits per heavy atom. The van der Waals surface area contributed by atoms with Gasteiger partial charge in [0, 0.05) is 0 Å². The van der Waals surface area contributed by atoms with Gasteiger partial charge in [0.2, 0.25) is 5.91 Å². The van der Waals surface area contributed by atoms with E-state index in [0.717, 1.165) is 38.5 Å². The zero-order valence-corrected chi connectivity index (χ0v) is 41.3. The Kier molecular flexibility index (Phi) is 41.0. The van der Waals surface area contributed by atoms with Crippen molar-refractivity contribution in [2.75, 3.05) is 13.2 Å². The number of hydrogen-bond acceptors (Lipinski definition) is 10. The first-order chi connectivity index (χ1) is 31.2. The smallest absolute Gasteiger partial charge is 0.249 e. The van der Waals surface area contributed by atoms with Crippen molar-refractivity contribution in [1.82, 2.24) is 5.32 Å². The van der Waals surface area contributed by atoms with Crippen LogP contribution in [0, 0.1) is 0 Å². The normalized spacial score (nSPS) is 21.0. The van der Waals surface area contributed by atoms with E-state index < -0.39 is 74.2 Å². The van der Waals surface area contributed by atoms with Crippen LogP contribution < -0.4 is 5.32 Å². The molecule has 1 aliphatic heterocycles. The van der Waals surface area contributed by atoms with E-state index in [0.29, 0.717) is 19.3 Å². The van der Waals surface area contributed by atoms with Gasteiger partial charge in [-0.05, 0) is 38.5 Å². The zero-order chi connectivity index (χ0) is 46.9. The largest absolute Gasteiger partial charge is 0.394 e. The maximum atomic E-state index is 13.1. The Labute approximate surface area is 392 Å². The number of unbranched alkanes of at least 4 members (excludes halogenated alkanes) is 32. The third-order valence-electron chi connectivity index (χ3n) is 13.3. The highest BCUT2D eigenvalue weighted by Gasteiger charge is 2.44. The third kappa shape index (κ3) is 31.8. The molecule has 9 atom stereocenters. The van der Waals surface area contributed by atoms with Gasteiger partial charge in [0.15, 0.2) is 6.29 Å². The molecule has 0 saturated carbocycles. The van der Waals surface area contributed by atoms with Gasteiger partial charge in [-0.3, -0.25) is 4.79 Å². The molecule has 11 heteroatoms. The number of allylic oxidation sites excluding steroid dienone is 2. The van der Waals surface area contributed by atoms with Crippen LogP contribution in [-0.4, -0.2) is 110 Å². The second kappa shape index (κ2) is 43.2. The Hall–Kier alpha value is -1.15. The molecule has 8 N–H and O–H groups in total. The molecule has 1 fully saturated rings. The quantitative estimate of drug-likeness (QED) is 0.0216. The lowest BCUT2D eigenvalue weighted by Crippen LogP contribution is -2.60. The van der Waals surface area contributed by atoms with Gasteiger partial charge in [-0.25, -0.2) is 0 Å². The number of rotatable bonds is 46. The molecular weight excluding hydrogens is 811 g/mol. The number of nitrogens with one attached hydrogen (secondary N) is 1. The van der Waals surface area contributed by atoms with Crippen LogP contribution >= 0.6 is 0 Å². The van der Waals surface area contributed by atoms with Crippen molar-refractivity contribution in [2.45, 2.75) is 306 Å². The highest BCUT2D eigenvalue weighted by Crippen LogP contribution is 2.23. The highest BCUT2D eigenvalue weighted by molar-refractivity contribution is 5.80. The molecule has 1 saturated heterocycles. The number of hydrogen-bond donors (Lipinski definition) is 8. The van der Waals surface area contributed by atoms with E-state index in [-0.39, 0.29) is 6.42 Å². The molecule has 0 aliphatic carbocycles. The first-order valence-electron chi connectivity index (χ1n) is 27.1. The van der Waals surface area contributed by atoms with Crippen LogP contribution in [0.3, 0.4) is 0 Å². The molecule has 380 valence electrons. The van der Waals surface area contributed by atoms with Crippen molar-refractivity contribution in [3.8, 4) is 0 Å². The van der Waals surface area contributed by atoms with Crippen LogP contribution in [0.25, 0.3) is 0 Å². The minimum Gasteiger partial charge on any atom is -0.394 e. The van der Waals surface area contributed by atoms with Gasteiger partial charge < -0.3 is 50.5 Å². The summed E-state index contributed by atoms with van der Waals surface area (Å²) in [5.74, 6) is -0.696. The second-order valence-electron chi connectivity index (χ2n) is 19.3. The van der Waals surface area contributed by atoms with Gasteiger partial charge in [0.25, 0.3) is 0 Å². The van der Waals surface area contributed by atoms with Crippen molar-refractivity contribution in [1.29, 1.82) is 0 Å². The molecule has 0 radical (unpaired) electrons. The van der Waals surface area contributed by atoms with Gasteiger partial charge in [0.1, 0.15) is 36.6 Å². The predicted molar refractivity (Wildman–Crippen MR) is 261 cm³/mol. The molecule has 0 aromatic heterocycles. The summed E-state index contributed by atoms with van der Waals surface area (Å²) in [5, 5.41) is 75.6. The fourth-order valence-electron chi connectivity index (χ4n) is 8.85. The molecule has 0 spiro atoms. The van der Waals surface area contributed by atoms with E-state index in [2.05, 4.69) is 31.3 Å². The number of amides is 1. The highest BCUT2D eigenvalue weighted by atomic mass is 16.7. The first-order valence-corrected chi connectivity index (χ1v) is 27.1. The second-order valence-corrected chi connectivity index (χ2v) is 19.3. The minimum absolute atomic E-state index is 0.263. The van der Waals surface area contributed by atoms with E-state index in [9.17, 15) is 40.5 Å². The summed E-state index contributed by atoms with van der Waals surface area (Å²) in [6, 6.07) is -1.16. The van der Waals surface area contributed by atoms with E-state index in [1.54, 1.807) is 0 Å².